The summed E-state index contributed by atoms with van der Waals surface area (Å²) in [6.07, 6.45) is 2.43. The molecule has 2 N–H and O–H groups in total. The van der Waals surface area contributed by atoms with E-state index in [1.165, 1.54) is 7.11 Å². The number of anilines is 1. The van der Waals surface area contributed by atoms with Gasteiger partial charge >= 0.3 is 5.97 Å². The number of hydrogen-bond acceptors (Lipinski definition) is 5. The molecule has 0 saturated carbocycles. The van der Waals surface area contributed by atoms with Crippen molar-refractivity contribution in [3.63, 3.8) is 0 Å². The molecule has 1 aromatic rings. The average Bonchev–Trinajstić information content (AvgIpc) is 2.49. The molecule has 2 rings (SSSR count). The second-order valence-electron chi connectivity index (χ2n) is 5.30. The number of carbonyl (C=O) groups is 1. The van der Waals surface area contributed by atoms with Crippen LogP contribution >= 0.6 is 0 Å². The van der Waals surface area contributed by atoms with Gasteiger partial charge in [-0.05, 0) is 31.4 Å². The van der Waals surface area contributed by atoms with Crippen molar-refractivity contribution in [1.82, 2.24) is 4.90 Å². The lowest BCUT2D eigenvalue weighted by molar-refractivity contribution is 0.0124. The van der Waals surface area contributed by atoms with Crippen molar-refractivity contribution < 1.29 is 14.3 Å². The first kappa shape index (κ1) is 15.8. The quantitative estimate of drug-likeness (QED) is 0.664. The number of esters is 1. The summed E-state index contributed by atoms with van der Waals surface area (Å²) in [7, 11) is 1.38. The highest BCUT2D eigenvalue weighted by molar-refractivity contribution is 5.96. The maximum Gasteiger partial charge on any atom is 0.340 e. The molecule has 0 spiro atoms. The van der Waals surface area contributed by atoms with Crippen LogP contribution in [0.1, 0.15) is 35.7 Å². The first-order chi connectivity index (χ1) is 10.2. The van der Waals surface area contributed by atoms with E-state index in [1.807, 2.05) is 19.1 Å². The van der Waals surface area contributed by atoms with Crippen LogP contribution in [0.5, 0.6) is 0 Å². The molecule has 1 aromatic carbocycles. The number of nitrogen functional groups attached to an aromatic ring is 1. The van der Waals surface area contributed by atoms with Crippen LogP contribution in [0, 0.1) is 0 Å². The number of methoxy groups -OCH3 is 1. The van der Waals surface area contributed by atoms with Crippen molar-refractivity contribution in [2.45, 2.75) is 32.4 Å². The maximum atomic E-state index is 11.9. The van der Waals surface area contributed by atoms with Gasteiger partial charge in [0.05, 0.1) is 18.8 Å². The number of ether oxygens (including phenoxy) is 2. The van der Waals surface area contributed by atoms with Gasteiger partial charge in [0.15, 0.2) is 0 Å². The van der Waals surface area contributed by atoms with E-state index in [0.717, 1.165) is 38.1 Å². The Kier molecular flexibility index (Phi) is 5.59. The van der Waals surface area contributed by atoms with Gasteiger partial charge in [0.25, 0.3) is 0 Å². The van der Waals surface area contributed by atoms with Crippen LogP contribution in [0.15, 0.2) is 18.2 Å². The van der Waals surface area contributed by atoms with Crippen molar-refractivity contribution in [1.29, 1.82) is 0 Å². The molecule has 21 heavy (non-hydrogen) atoms. The standard InChI is InChI=1S/C16H24N2O3/c1-3-21-13-7-9-18(10-8-13)11-12-5-4-6-14(17)15(12)16(19)20-2/h4-6,13H,3,7-11,17H2,1-2H3. The summed E-state index contributed by atoms with van der Waals surface area (Å²) >= 11 is 0. The van der Waals surface area contributed by atoms with Crippen LogP contribution in [0.3, 0.4) is 0 Å². The molecule has 0 aromatic heterocycles. The second kappa shape index (κ2) is 7.43. The molecule has 5 nitrogen and oxygen atoms in total. The Morgan fingerprint density at radius 2 is 2.10 bits per heavy atom. The number of nitrogens with zero attached hydrogens (tertiary/aromatic N) is 1. The first-order valence-corrected chi connectivity index (χ1v) is 7.45. The van der Waals surface area contributed by atoms with Crippen LogP contribution in [-0.2, 0) is 16.0 Å². The maximum absolute atomic E-state index is 11.9. The van der Waals surface area contributed by atoms with E-state index in [1.54, 1.807) is 6.07 Å². The van der Waals surface area contributed by atoms with E-state index in [9.17, 15) is 4.79 Å². The van der Waals surface area contributed by atoms with E-state index in [-0.39, 0.29) is 5.97 Å². The normalized spacial score (nSPS) is 16.9. The van der Waals surface area contributed by atoms with Crippen molar-refractivity contribution in [2.75, 3.05) is 32.5 Å². The molecule has 0 amide bonds. The number of piperidine rings is 1. The fourth-order valence-corrected chi connectivity index (χ4v) is 2.81. The molecule has 1 aliphatic heterocycles. The highest BCUT2D eigenvalue weighted by atomic mass is 16.5. The Balaban J connectivity index is 2.04. The fourth-order valence-electron chi connectivity index (χ4n) is 2.81. The van der Waals surface area contributed by atoms with E-state index >= 15 is 0 Å². The van der Waals surface area contributed by atoms with Crippen LogP contribution in [0.2, 0.25) is 0 Å². The minimum Gasteiger partial charge on any atom is -0.465 e. The van der Waals surface area contributed by atoms with E-state index in [2.05, 4.69) is 4.90 Å². The minimum absolute atomic E-state index is 0.368. The summed E-state index contributed by atoms with van der Waals surface area (Å²) in [5.74, 6) is -0.368. The molecule has 1 saturated heterocycles. The van der Waals surface area contributed by atoms with Gasteiger partial charge in [0.1, 0.15) is 0 Å². The largest absolute Gasteiger partial charge is 0.465 e. The molecule has 0 bridgehead atoms. The minimum atomic E-state index is -0.368. The Morgan fingerprint density at radius 3 is 2.71 bits per heavy atom. The van der Waals surface area contributed by atoms with E-state index in [0.29, 0.717) is 23.9 Å². The lowest BCUT2D eigenvalue weighted by atomic mass is 10.0. The van der Waals surface area contributed by atoms with E-state index in [4.69, 9.17) is 15.2 Å². The molecule has 0 radical (unpaired) electrons. The Morgan fingerprint density at radius 1 is 1.38 bits per heavy atom. The zero-order valence-electron chi connectivity index (χ0n) is 12.8. The Labute approximate surface area is 126 Å². The summed E-state index contributed by atoms with van der Waals surface area (Å²) in [5.41, 5.74) is 7.82. The van der Waals surface area contributed by atoms with Gasteiger partial charge in [0.2, 0.25) is 0 Å². The number of likely N-dealkylation sites (tertiary alicyclic amines) is 1. The molecule has 1 fully saturated rings. The molecule has 0 atom stereocenters. The number of benzene rings is 1. The van der Waals surface area contributed by atoms with E-state index < -0.39 is 0 Å². The number of carbonyl (C=O) groups excluding carboxylic acids is 1. The molecular formula is C16H24N2O3. The highest BCUT2D eigenvalue weighted by Crippen LogP contribution is 2.22. The SMILES string of the molecule is CCOC1CCN(Cc2cccc(N)c2C(=O)OC)CC1. The second-order valence-corrected chi connectivity index (χ2v) is 5.30. The predicted molar refractivity (Wildman–Crippen MR) is 82.1 cm³/mol. The summed E-state index contributed by atoms with van der Waals surface area (Å²) < 4.78 is 10.5. The molecule has 116 valence electrons. The number of nitrogens with two attached hydrogens (primary N) is 1. The molecule has 0 aliphatic carbocycles. The molecule has 1 aliphatic rings. The van der Waals surface area contributed by atoms with Gasteiger partial charge in [-0.2, -0.15) is 0 Å². The predicted octanol–water partition coefficient (Wildman–Crippen LogP) is 2.06. The summed E-state index contributed by atoms with van der Waals surface area (Å²) in [6.45, 7) is 5.46. The van der Waals surface area contributed by atoms with Gasteiger partial charge in [-0.25, -0.2) is 4.79 Å². The average molecular weight is 292 g/mol. The summed E-state index contributed by atoms with van der Waals surface area (Å²) in [4.78, 5) is 14.2. The lowest BCUT2D eigenvalue weighted by Gasteiger charge is -2.32. The van der Waals surface area contributed by atoms with Gasteiger partial charge in [0, 0.05) is 31.9 Å². The zero-order chi connectivity index (χ0) is 15.2. The van der Waals surface area contributed by atoms with Gasteiger partial charge in [-0.1, -0.05) is 12.1 Å². The Hall–Kier alpha value is -1.59. The third-order valence-corrected chi connectivity index (χ3v) is 3.90. The fraction of sp³-hybridized carbons (Fsp3) is 0.562. The van der Waals surface area contributed by atoms with Crippen LogP contribution in [0.4, 0.5) is 5.69 Å². The molecule has 1 heterocycles. The third-order valence-electron chi connectivity index (χ3n) is 3.90. The van der Waals surface area contributed by atoms with Crippen LogP contribution in [-0.4, -0.2) is 43.8 Å². The van der Waals surface area contributed by atoms with Gasteiger partial charge < -0.3 is 15.2 Å². The first-order valence-electron chi connectivity index (χ1n) is 7.45. The van der Waals surface area contributed by atoms with Crippen molar-refractivity contribution in [3.05, 3.63) is 29.3 Å². The van der Waals surface area contributed by atoms with Crippen molar-refractivity contribution in [3.8, 4) is 0 Å². The van der Waals surface area contributed by atoms with Gasteiger partial charge in [-0.3, -0.25) is 4.90 Å². The highest BCUT2D eigenvalue weighted by Gasteiger charge is 2.22. The van der Waals surface area contributed by atoms with Crippen LogP contribution < -0.4 is 5.73 Å². The molecular weight excluding hydrogens is 268 g/mol. The zero-order valence-corrected chi connectivity index (χ0v) is 12.8. The van der Waals surface area contributed by atoms with Crippen molar-refractivity contribution in [2.24, 2.45) is 0 Å². The number of rotatable bonds is 5. The topological polar surface area (TPSA) is 64.8 Å². The summed E-state index contributed by atoms with van der Waals surface area (Å²) in [6, 6.07) is 5.55. The smallest absolute Gasteiger partial charge is 0.340 e. The number of hydrogen-bond donors (Lipinski definition) is 1. The Bertz CT molecular complexity index is 482. The van der Waals surface area contributed by atoms with Gasteiger partial charge in [-0.15, -0.1) is 0 Å². The monoisotopic (exact) mass is 292 g/mol. The summed E-state index contributed by atoms with van der Waals surface area (Å²) in [5, 5.41) is 0. The third kappa shape index (κ3) is 3.95. The van der Waals surface area contributed by atoms with Crippen molar-refractivity contribution >= 4 is 11.7 Å². The molecule has 0 unspecified atom stereocenters. The lowest BCUT2D eigenvalue weighted by Crippen LogP contribution is -2.37. The van der Waals surface area contributed by atoms with Crippen LogP contribution in [0.25, 0.3) is 0 Å². The molecule has 5 heteroatoms.